The van der Waals surface area contributed by atoms with E-state index >= 15 is 0 Å². The zero-order valence-corrected chi connectivity index (χ0v) is 10.3. The molecule has 0 spiro atoms. The van der Waals surface area contributed by atoms with Crippen LogP contribution in [-0.4, -0.2) is 17.3 Å². The van der Waals surface area contributed by atoms with E-state index in [1.807, 2.05) is 18.4 Å². The third kappa shape index (κ3) is 3.54. The van der Waals surface area contributed by atoms with Crippen LogP contribution < -0.4 is 5.32 Å². The van der Waals surface area contributed by atoms with Crippen LogP contribution in [0.4, 0.5) is 5.69 Å². The molecule has 0 aliphatic carbocycles. The Morgan fingerprint density at radius 2 is 2.24 bits per heavy atom. The number of nitrogens with zero attached hydrogens (tertiary/aromatic N) is 1. The Hall–Kier alpha value is -1.93. The molecule has 17 heavy (non-hydrogen) atoms. The highest BCUT2D eigenvalue weighted by Gasteiger charge is 2.12. The molecule has 0 saturated carbocycles. The number of amides is 1. The number of rotatable bonds is 3. The number of thioether (sulfide) groups is 1. The highest BCUT2D eigenvalue weighted by molar-refractivity contribution is 7.98. The Morgan fingerprint density at radius 3 is 2.76 bits per heavy atom. The number of benzene rings is 1. The number of carbonyl (C=O) groups is 1. The summed E-state index contributed by atoms with van der Waals surface area (Å²) in [5.74, 6) is -0.892. The maximum absolute atomic E-state index is 11.6. The minimum atomic E-state index is -0.606. The lowest BCUT2D eigenvalue weighted by atomic mass is 10.2. The van der Waals surface area contributed by atoms with Crippen LogP contribution >= 0.6 is 11.8 Å². The monoisotopic (exact) mass is 248 g/mol. The minimum Gasteiger partial charge on any atom is -0.511 e. The van der Waals surface area contributed by atoms with Crippen molar-refractivity contribution in [3.63, 3.8) is 0 Å². The number of hydrogen-bond donors (Lipinski definition) is 2. The van der Waals surface area contributed by atoms with Gasteiger partial charge in [0.1, 0.15) is 11.8 Å². The summed E-state index contributed by atoms with van der Waals surface area (Å²) in [5, 5.41) is 20.4. The number of anilines is 1. The standard InChI is InChI=1S/C12H12N2O2S/c1-8(15)11(7-13)12(16)14-9-4-3-5-10(6-9)17-2/h3-6,15H,1-2H3,(H,14,16). The fraction of sp³-hybridized carbons (Fsp3) is 0.167. The van der Waals surface area contributed by atoms with Crippen LogP contribution in [-0.2, 0) is 4.79 Å². The molecule has 4 nitrogen and oxygen atoms in total. The second-order valence-corrected chi connectivity index (χ2v) is 4.14. The fourth-order valence-electron chi connectivity index (χ4n) is 1.19. The van der Waals surface area contributed by atoms with Crippen LogP contribution in [0, 0.1) is 11.3 Å². The molecule has 0 atom stereocenters. The first-order chi connectivity index (χ1) is 8.08. The first kappa shape index (κ1) is 13.1. The maximum Gasteiger partial charge on any atom is 0.269 e. The molecular weight excluding hydrogens is 236 g/mol. The normalized spacial score (nSPS) is 11.4. The molecule has 1 aromatic carbocycles. The number of nitrogens with one attached hydrogen (secondary N) is 1. The molecule has 2 N–H and O–H groups in total. The summed E-state index contributed by atoms with van der Waals surface area (Å²) in [5.41, 5.74) is 0.315. The van der Waals surface area contributed by atoms with Crippen molar-refractivity contribution in [3.8, 4) is 6.07 Å². The van der Waals surface area contributed by atoms with Crippen molar-refractivity contribution in [2.24, 2.45) is 0 Å². The van der Waals surface area contributed by atoms with Gasteiger partial charge in [0.25, 0.3) is 5.91 Å². The van der Waals surface area contributed by atoms with Gasteiger partial charge in [-0.3, -0.25) is 4.79 Å². The van der Waals surface area contributed by atoms with E-state index in [1.165, 1.54) is 6.92 Å². The molecule has 0 fully saturated rings. The van der Waals surface area contributed by atoms with Gasteiger partial charge in [-0.25, -0.2) is 0 Å². The largest absolute Gasteiger partial charge is 0.511 e. The maximum atomic E-state index is 11.6. The zero-order valence-electron chi connectivity index (χ0n) is 9.52. The number of aliphatic hydroxyl groups excluding tert-OH is 1. The van der Waals surface area contributed by atoms with Crippen LogP contribution in [0.15, 0.2) is 40.5 Å². The summed E-state index contributed by atoms with van der Waals surface area (Å²) in [6.07, 6.45) is 1.93. The highest BCUT2D eigenvalue weighted by Crippen LogP contribution is 2.19. The zero-order chi connectivity index (χ0) is 12.8. The van der Waals surface area contributed by atoms with Crippen molar-refractivity contribution in [3.05, 3.63) is 35.6 Å². The molecule has 0 unspecified atom stereocenters. The van der Waals surface area contributed by atoms with Crippen molar-refractivity contribution < 1.29 is 9.90 Å². The van der Waals surface area contributed by atoms with Crippen molar-refractivity contribution in [1.82, 2.24) is 0 Å². The van der Waals surface area contributed by atoms with Gasteiger partial charge in [0.15, 0.2) is 5.57 Å². The summed E-state index contributed by atoms with van der Waals surface area (Å²) in [6, 6.07) is 8.90. The first-order valence-electron chi connectivity index (χ1n) is 4.84. The van der Waals surface area contributed by atoms with Gasteiger partial charge in [-0.15, -0.1) is 11.8 Å². The third-order valence-corrected chi connectivity index (χ3v) is 2.75. The van der Waals surface area contributed by atoms with Crippen LogP contribution in [0.3, 0.4) is 0 Å². The third-order valence-electron chi connectivity index (χ3n) is 2.03. The fourth-order valence-corrected chi connectivity index (χ4v) is 1.65. The SMILES string of the molecule is CSc1cccc(NC(=O)C(C#N)=C(C)O)c1. The van der Waals surface area contributed by atoms with Crippen molar-refractivity contribution in [2.75, 3.05) is 11.6 Å². The van der Waals surface area contributed by atoms with Crippen LogP contribution in [0.1, 0.15) is 6.92 Å². The summed E-state index contributed by atoms with van der Waals surface area (Å²) in [4.78, 5) is 12.6. The van der Waals surface area contributed by atoms with Gasteiger partial charge in [-0.05, 0) is 31.4 Å². The molecule has 0 saturated heterocycles. The number of allylic oxidation sites excluding steroid dienone is 1. The second-order valence-electron chi connectivity index (χ2n) is 3.26. The summed E-state index contributed by atoms with van der Waals surface area (Å²) < 4.78 is 0. The second kappa shape index (κ2) is 5.97. The molecule has 0 aliphatic heterocycles. The van der Waals surface area contributed by atoms with Crippen molar-refractivity contribution >= 4 is 23.4 Å². The molecule has 0 bridgehead atoms. The van der Waals surface area contributed by atoms with Gasteiger partial charge < -0.3 is 10.4 Å². The minimum absolute atomic E-state index is 0.278. The van der Waals surface area contributed by atoms with E-state index in [1.54, 1.807) is 30.0 Å². The Balaban J connectivity index is 2.89. The lowest BCUT2D eigenvalue weighted by Gasteiger charge is -2.05. The van der Waals surface area contributed by atoms with E-state index in [0.717, 1.165) is 4.90 Å². The molecule has 88 valence electrons. The van der Waals surface area contributed by atoms with Gasteiger partial charge in [-0.2, -0.15) is 5.26 Å². The average Bonchev–Trinajstić information content (AvgIpc) is 2.29. The van der Waals surface area contributed by atoms with Crippen LogP contribution in [0.2, 0.25) is 0 Å². The lowest BCUT2D eigenvalue weighted by molar-refractivity contribution is -0.112. The Labute approximate surface area is 104 Å². The van der Waals surface area contributed by atoms with E-state index in [-0.39, 0.29) is 11.3 Å². The summed E-state index contributed by atoms with van der Waals surface area (Å²) >= 11 is 1.55. The molecule has 0 heterocycles. The Morgan fingerprint density at radius 1 is 1.53 bits per heavy atom. The molecule has 0 aliphatic rings. The van der Waals surface area contributed by atoms with Crippen molar-refractivity contribution in [1.29, 1.82) is 5.26 Å². The molecular formula is C12H12N2O2S. The summed E-state index contributed by atoms with van der Waals surface area (Å²) in [6.45, 7) is 1.30. The number of nitriles is 1. The van der Waals surface area contributed by atoms with E-state index < -0.39 is 5.91 Å². The lowest BCUT2D eigenvalue weighted by Crippen LogP contribution is -2.14. The topological polar surface area (TPSA) is 73.1 Å². The summed E-state index contributed by atoms with van der Waals surface area (Å²) in [7, 11) is 0. The van der Waals surface area contributed by atoms with E-state index in [4.69, 9.17) is 10.4 Å². The molecule has 5 heteroatoms. The van der Waals surface area contributed by atoms with E-state index in [2.05, 4.69) is 5.32 Å². The predicted molar refractivity (Wildman–Crippen MR) is 67.8 cm³/mol. The van der Waals surface area contributed by atoms with Crippen LogP contribution in [0.25, 0.3) is 0 Å². The molecule has 0 aromatic heterocycles. The number of aliphatic hydroxyl groups is 1. The van der Waals surface area contributed by atoms with Crippen LogP contribution in [0.5, 0.6) is 0 Å². The van der Waals surface area contributed by atoms with Gasteiger partial charge in [-0.1, -0.05) is 6.07 Å². The molecule has 0 radical (unpaired) electrons. The number of carbonyl (C=O) groups excluding carboxylic acids is 1. The van der Waals surface area contributed by atoms with Crippen molar-refractivity contribution in [2.45, 2.75) is 11.8 Å². The van der Waals surface area contributed by atoms with Gasteiger partial charge in [0.05, 0.1) is 0 Å². The Kier molecular flexibility index (Phi) is 4.61. The predicted octanol–water partition coefficient (Wildman–Crippen LogP) is 2.70. The molecule has 1 rings (SSSR count). The van der Waals surface area contributed by atoms with Gasteiger partial charge >= 0.3 is 0 Å². The number of hydrogen-bond acceptors (Lipinski definition) is 4. The quantitative estimate of drug-likeness (QED) is 0.373. The van der Waals surface area contributed by atoms with E-state index in [0.29, 0.717) is 5.69 Å². The smallest absolute Gasteiger partial charge is 0.269 e. The molecule has 1 aromatic rings. The van der Waals surface area contributed by atoms with Gasteiger partial charge in [0, 0.05) is 10.6 Å². The average molecular weight is 248 g/mol. The first-order valence-corrected chi connectivity index (χ1v) is 6.06. The molecule has 1 amide bonds. The van der Waals surface area contributed by atoms with Gasteiger partial charge in [0.2, 0.25) is 0 Å². The Bertz CT molecular complexity index is 499. The highest BCUT2D eigenvalue weighted by atomic mass is 32.2. The van der Waals surface area contributed by atoms with E-state index in [9.17, 15) is 4.79 Å².